The van der Waals surface area contributed by atoms with Crippen LogP contribution in [0.1, 0.15) is 41.1 Å². The normalized spacial score (nSPS) is 22.8. The van der Waals surface area contributed by atoms with Gasteiger partial charge in [0.25, 0.3) is 0 Å². The predicted molar refractivity (Wildman–Crippen MR) is 70.0 cm³/mol. The molecule has 5 nitrogen and oxygen atoms in total. The summed E-state index contributed by atoms with van der Waals surface area (Å²) in [5.41, 5.74) is 0.885. The Labute approximate surface area is 112 Å². The van der Waals surface area contributed by atoms with Crippen LogP contribution in [0.5, 0.6) is 0 Å². The molecule has 2 unspecified atom stereocenters. The summed E-state index contributed by atoms with van der Waals surface area (Å²) in [5.74, 6) is 0.535. The Hall–Kier alpha value is -1.33. The molecule has 0 aliphatic heterocycles. The molecule has 1 heterocycles. The van der Waals surface area contributed by atoms with Crippen LogP contribution in [0, 0.1) is 18.8 Å². The minimum atomic E-state index is -1.04. The van der Waals surface area contributed by atoms with Gasteiger partial charge in [-0.1, -0.05) is 6.42 Å². The van der Waals surface area contributed by atoms with E-state index in [0.717, 1.165) is 24.9 Å². The Bertz CT molecular complexity index is 441. The van der Waals surface area contributed by atoms with E-state index in [-0.39, 0.29) is 12.4 Å². The van der Waals surface area contributed by atoms with Crippen molar-refractivity contribution in [1.29, 1.82) is 0 Å². The lowest BCUT2D eigenvalue weighted by Gasteiger charge is -2.17. The van der Waals surface area contributed by atoms with E-state index in [0.29, 0.717) is 24.1 Å². The molecule has 0 saturated heterocycles. The third-order valence-electron chi connectivity index (χ3n) is 4.00. The van der Waals surface area contributed by atoms with Gasteiger partial charge in [-0.15, -0.1) is 0 Å². The molecule has 0 amide bonds. The van der Waals surface area contributed by atoms with Crippen LogP contribution in [0.2, 0.25) is 0 Å². The second kappa shape index (κ2) is 6.21. The molecular weight excluding hydrogens is 246 g/mol. The van der Waals surface area contributed by atoms with E-state index in [4.69, 9.17) is 9.52 Å². The van der Waals surface area contributed by atoms with Gasteiger partial charge in [0.15, 0.2) is 0 Å². The molecule has 0 spiro atoms. The zero-order chi connectivity index (χ0) is 13.8. The van der Waals surface area contributed by atoms with Crippen molar-refractivity contribution in [2.75, 3.05) is 13.2 Å². The zero-order valence-corrected chi connectivity index (χ0v) is 11.2. The Kier molecular flexibility index (Phi) is 4.61. The van der Waals surface area contributed by atoms with E-state index in [1.807, 2.05) is 0 Å². The van der Waals surface area contributed by atoms with Crippen molar-refractivity contribution in [3.63, 3.8) is 0 Å². The standard InChI is InChI=1S/C14H21NO4/c1-9-12(5-13(19-9)14(17)18)7-15-6-10-3-2-4-11(10)8-16/h5,10-11,15-16H,2-4,6-8H2,1H3,(H,17,18). The highest BCUT2D eigenvalue weighted by molar-refractivity contribution is 5.84. The number of carboxylic acids is 1. The molecule has 0 aromatic carbocycles. The minimum Gasteiger partial charge on any atom is -0.475 e. The molecule has 1 aliphatic rings. The van der Waals surface area contributed by atoms with Gasteiger partial charge in [-0.05, 0) is 44.2 Å². The first-order valence-electron chi connectivity index (χ1n) is 6.76. The van der Waals surface area contributed by atoms with Crippen LogP contribution >= 0.6 is 0 Å². The highest BCUT2D eigenvalue weighted by Crippen LogP contribution is 2.30. The van der Waals surface area contributed by atoms with Crippen LogP contribution in [0.15, 0.2) is 10.5 Å². The van der Waals surface area contributed by atoms with Gasteiger partial charge in [-0.3, -0.25) is 0 Å². The van der Waals surface area contributed by atoms with Crippen LogP contribution in [0.3, 0.4) is 0 Å². The van der Waals surface area contributed by atoms with Gasteiger partial charge in [0.1, 0.15) is 5.76 Å². The van der Waals surface area contributed by atoms with Crippen LogP contribution in [0.4, 0.5) is 0 Å². The quantitative estimate of drug-likeness (QED) is 0.732. The van der Waals surface area contributed by atoms with E-state index in [2.05, 4.69) is 5.32 Å². The number of aryl methyl sites for hydroxylation is 1. The van der Waals surface area contributed by atoms with Crippen molar-refractivity contribution in [2.24, 2.45) is 11.8 Å². The number of furan rings is 1. The van der Waals surface area contributed by atoms with E-state index in [1.54, 1.807) is 13.0 Å². The molecule has 1 aliphatic carbocycles. The molecule has 1 saturated carbocycles. The minimum absolute atomic E-state index is 0.0107. The van der Waals surface area contributed by atoms with Gasteiger partial charge in [-0.25, -0.2) is 4.79 Å². The van der Waals surface area contributed by atoms with Crippen LogP contribution in [-0.2, 0) is 6.54 Å². The number of hydrogen-bond donors (Lipinski definition) is 3. The van der Waals surface area contributed by atoms with Crippen molar-refractivity contribution < 1.29 is 19.4 Å². The first-order valence-corrected chi connectivity index (χ1v) is 6.76. The summed E-state index contributed by atoms with van der Waals surface area (Å²) in [5, 5.41) is 21.4. The third-order valence-corrected chi connectivity index (χ3v) is 4.00. The molecule has 3 N–H and O–H groups in total. The summed E-state index contributed by atoms with van der Waals surface area (Å²) in [6.07, 6.45) is 3.45. The van der Waals surface area contributed by atoms with Gasteiger partial charge in [0, 0.05) is 18.7 Å². The van der Waals surface area contributed by atoms with Gasteiger partial charge in [0.05, 0.1) is 0 Å². The fourth-order valence-corrected chi connectivity index (χ4v) is 2.82. The van der Waals surface area contributed by atoms with E-state index < -0.39 is 5.97 Å². The smallest absolute Gasteiger partial charge is 0.371 e. The summed E-state index contributed by atoms with van der Waals surface area (Å²) in [4.78, 5) is 10.8. The predicted octanol–water partition coefficient (Wildman–Crippen LogP) is 1.78. The van der Waals surface area contributed by atoms with Gasteiger partial charge >= 0.3 is 5.97 Å². The molecule has 1 aromatic heterocycles. The molecule has 0 radical (unpaired) electrons. The Morgan fingerprint density at radius 3 is 2.84 bits per heavy atom. The van der Waals surface area contributed by atoms with Crippen molar-refractivity contribution in [2.45, 2.75) is 32.7 Å². The Balaban J connectivity index is 1.84. The molecule has 106 valence electrons. The van der Waals surface area contributed by atoms with Crippen LogP contribution < -0.4 is 5.32 Å². The van der Waals surface area contributed by atoms with Gasteiger partial charge < -0.3 is 19.9 Å². The molecule has 19 heavy (non-hydrogen) atoms. The Morgan fingerprint density at radius 1 is 1.47 bits per heavy atom. The molecule has 1 fully saturated rings. The molecule has 1 aromatic rings. The molecule has 5 heteroatoms. The van der Waals surface area contributed by atoms with Crippen molar-refractivity contribution in [3.8, 4) is 0 Å². The van der Waals surface area contributed by atoms with Crippen molar-refractivity contribution in [1.82, 2.24) is 5.32 Å². The lowest BCUT2D eigenvalue weighted by Crippen LogP contribution is -2.26. The maximum absolute atomic E-state index is 10.8. The van der Waals surface area contributed by atoms with Crippen molar-refractivity contribution in [3.05, 3.63) is 23.2 Å². The number of aliphatic hydroxyl groups is 1. The van der Waals surface area contributed by atoms with E-state index in [9.17, 15) is 9.90 Å². The lowest BCUT2D eigenvalue weighted by molar-refractivity contribution is 0.0661. The zero-order valence-electron chi connectivity index (χ0n) is 11.2. The number of carboxylic acid groups (broad SMARTS) is 1. The fraction of sp³-hybridized carbons (Fsp3) is 0.643. The number of hydrogen-bond acceptors (Lipinski definition) is 4. The third kappa shape index (κ3) is 3.36. The SMILES string of the molecule is Cc1oc(C(=O)O)cc1CNCC1CCCC1CO. The fourth-order valence-electron chi connectivity index (χ4n) is 2.82. The number of aromatic carboxylic acids is 1. The van der Waals surface area contributed by atoms with Crippen LogP contribution in [0.25, 0.3) is 0 Å². The van der Waals surface area contributed by atoms with Crippen molar-refractivity contribution >= 4 is 5.97 Å². The molecule has 2 atom stereocenters. The maximum atomic E-state index is 10.8. The van der Waals surface area contributed by atoms with Crippen LogP contribution in [-0.4, -0.2) is 29.3 Å². The second-order valence-corrected chi connectivity index (χ2v) is 5.26. The first kappa shape index (κ1) is 14.1. The highest BCUT2D eigenvalue weighted by Gasteiger charge is 2.26. The summed E-state index contributed by atoms with van der Waals surface area (Å²) >= 11 is 0. The topological polar surface area (TPSA) is 82.7 Å². The lowest BCUT2D eigenvalue weighted by atomic mass is 9.97. The second-order valence-electron chi connectivity index (χ2n) is 5.26. The number of nitrogens with one attached hydrogen (secondary N) is 1. The highest BCUT2D eigenvalue weighted by atomic mass is 16.4. The number of rotatable bonds is 6. The number of aliphatic hydroxyl groups excluding tert-OH is 1. The summed E-state index contributed by atoms with van der Waals surface area (Å²) in [6.45, 7) is 3.51. The van der Waals surface area contributed by atoms with E-state index >= 15 is 0 Å². The molecular formula is C14H21NO4. The average molecular weight is 267 g/mol. The largest absolute Gasteiger partial charge is 0.475 e. The van der Waals surface area contributed by atoms with Gasteiger partial charge in [0.2, 0.25) is 5.76 Å². The molecule has 0 bridgehead atoms. The monoisotopic (exact) mass is 267 g/mol. The summed E-state index contributed by atoms with van der Waals surface area (Å²) in [6, 6.07) is 1.57. The summed E-state index contributed by atoms with van der Waals surface area (Å²) < 4.78 is 5.16. The maximum Gasteiger partial charge on any atom is 0.371 e. The Morgan fingerprint density at radius 2 is 2.21 bits per heavy atom. The average Bonchev–Trinajstić information content (AvgIpc) is 2.96. The first-order chi connectivity index (χ1) is 9.11. The van der Waals surface area contributed by atoms with Gasteiger partial charge in [-0.2, -0.15) is 0 Å². The number of carbonyl (C=O) groups is 1. The molecule has 2 rings (SSSR count). The van der Waals surface area contributed by atoms with E-state index in [1.165, 1.54) is 6.42 Å². The summed E-state index contributed by atoms with van der Waals surface area (Å²) in [7, 11) is 0.